The summed E-state index contributed by atoms with van der Waals surface area (Å²) in [6.07, 6.45) is 12.8. The molecule has 0 radical (unpaired) electrons. The molecule has 39 heavy (non-hydrogen) atoms. The quantitative estimate of drug-likeness (QED) is 0.0823. The van der Waals surface area contributed by atoms with Crippen LogP contribution in [0.15, 0.2) is 12.2 Å². The Balaban J connectivity index is 2.60. The van der Waals surface area contributed by atoms with Crippen LogP contribution in [-0.4, -0.2) is 87.5 Å². The number of carbonyl (C=O) groups is 1. The first-order valence-corrected chi connectivity index (χ1v) is 15.4. The third-order valence-electron chi connectivity index (χ3n) is 7.36. The van der Waals surface area contributed by atoms with Crippen molar-refractivity contribution in [2.24, 2.45) is 0 Å². The van der Waals surface area contributed by atoms with Crippen LogP contribution in [0.4, 0.5) is 0 Å². The normalized spacial score (nSPS) is 25.2. The number of carbonyl (C=O) groups excluding carboxylic acids is 1. The molecule has 0 aliphatic carbocycles. The zero-order valence-corrected chi connectivity index (χ0v) is 24.4. The SMILES string of the molecule is CCCCCCCCC/C=C/C(O)C(COC1OC(CO)C(O)C(O)C1O)NC(=O)CCCCCCCCC. The molecule has 0 aromatic heterocycles. The van der Waals surface area contributed by atoms with Crippen LogP contribution in [0.5, 0.6) is 0 Å². The highest BCUT2D eigenvalue weighted by molar-refractivity contribution is 5.76. The number of ether oxygens (including phenoxy) is 2. The smallest absolute Gasteiger partial charge is 0.220 e. The zero-order valence-electron chi connectivity index (χ0n) is 24.4. The van der Waals surface area contributed by atoms with Gasteiger partial charge in [-0.3, -0.25) is 4.79 Å². The standard InChI is InChI=1S/C30H57NO8/c1-3-5-7-9-11-12-14-15-17-19-24(33)23(31-26(34)20-18-16-13-10-8-6-4-2)22-38-30-29(37)28(36)27(35)25(21-32)39-30/h17,19,23-25,27-30,32-33,35-37H,3-16,18,20-22H2,1-2H3,(H,31,34)/b19-17+. The Bertz CT molecular complexity index is 632. The minimum Gasteiger partial charge on any atom is -0.394 e. The summed E-state index contributed by atoms with van der Waals surface area (Å²) in [5, 5.41) is 53.3. The molecule has 0 spiro atoms. The summed E-state index contributed by atoms with van der Waals surface area (Å²) < 4.78 is 11.0. The Kier molecular flexibility index (Phi) is 20.8. The Morgan fingerprint density at radius 2 is 1.41 bits per heavy atom. The molecule has 1 saturated heterocycles. The van der Waals surface area contributed by atoms with Crippen molar-refractivity contribution in [3.63, 3.8) is 0 Å². The minimum absolute atomic E-state index is 0.186. The minimum atomic E-state index is -1.56. The maximum atomic E-state index is 12.6. The van der Waals surface area contributed by atoms with E-state index in [9.17, 15) is 30.3 Å². The van der Waals surface area contributed by atoms with Gasteiger partial charge in [0.15, 0.2) is 6.29 Å². The van der Waals surface area contributed by atoms with Crippen LogP contribution >= 0.6 is 0 Å². The number of aliphatic hydroxyl groups is 5. The predicted molar refractivity (Wildman–Crippen MR) is 152 cm³/mol. The fraction of sp³-hybridized carbons (Fsp3) is 0.900. The Labute approximate surface area is 236 Å². The lowest BCUT2D eigenvalue weighted by Gasteiger charge is -2.40. The second-order valence-corrected chi connectivity index (χ2v) is 10.9. The summed E-state index contributed by atoms with van der Waals surface area (Å²) in [6.45, 7) is 3.64. The number of hydrogen-bond donors (Lipinski definition) is 6. The number of hydrogen-bond acceptors (Lipinski definition) is 8. The maximum Gasteiger partial charge on any atom is 0.220 e. The molecule has 9 heteroatoms. The molecule has 9 nitrogen and oxygen atoms in total. The van der Waals surface area contributed by atoms with Crippen LogP contribution in [0.25, 0.3) is 0 Å². The summed E-state index contributed by atoms with van der Waals surface area (Å²) in [4.78, 5) is 12.6. The summed E-state index contributed by atoms with van der Waals surface area (Å²) in [5.74, 6) is -0.189. The van der Waals surface area contributed by atoms with E-state index >= 15 is 0 Å². The first-order valence-electron chi connectivity index (χ1n) is 15.4. The van der Waals surface area contributed by atoms with Crippen LogP contribution < -0.4 is 5.32 Å². The van der Waals surface area contributed by atoms with Crippen molar-refractivity contribution in [1.29, 1.82) is 0 Å². The van der Waals surface area contributed by atoms with Gasteiger partial charge < -0.3 is 40.3 Å². The van der Waals surface area contributed by atoms with Crippen LogP contribution in [0, 0.1) is 0 Å². The third-order valence-corrected chi connectivity index (χ3v) is 7.36. The first kappa shape index (κ1) is 36.0. The van der Waals surface area contributed by atoms with E-state index in [2.05, 4.69) is 19.2 Å². The third kappa shape index (κ3) is 15.5. The van der Waals surface area contributed by atoms with Gasteiger partial charge in [-0.05, 0) is 19.3 Å². The Morgan fingerprint density at radius 3 is 2.00 bits per heavy atom. The molecule has 1 heterocycles. The molecule has 1 rings (SSSR count). The largest absolute Gasteiger partial charge is 0.394 e. The molecule has 1 aliphatic heterocycles. The van der Waals surface area contributed by atoms with Gasteiger partial charge in [0.25, 0.3) is 0 Å². The lowest BCUT2D eigenvalue weighted by molar-refractivity contribution is -0.302. The van der Waals surface area contributed by atoms with Gasteiger partial charge in [-0.2, -0.15) is 0 Å². The van der Waals surface area contributed by atoms with E-state index in [1.54, 1.807) is 6.08 Å². The molecule has 0 bridgehead atoms. The molecule has 0 saturated carbocycles. The molecular weight excluding hydrogens is 502 g/mol. The molecule has 0 aromatic carbocycles. The second-order valence-electron chi connectivity index (χ2n) is 10.9. The van der Waals surface area contributed by atoms with E-state index in [1.807, 2.05) is 6.08 Å². The fourth-order valence-electron chi connectivity index (χ4n) is 4.74. The Hall–Kier alpha value is -1.07. The van der Waals surface area contributed by atoms with E-state index in [0.29, 0.717) is 6.42 Å². The lowest BCUT2D eigenvalue weighted by Crippen LogP contribution is -2.60. The van der Waals surface area contributed by atoms with Gasteiger partial charge in [-0.15, -0.1) is 0 Å². The van der Waals surface area contributed by atoms with Crippen molar-refractivity contribution in [3.8, 4) is 0 Å². The summed E-state index contributed by atoms with van der Waals surface area (Å²) in [5.41, 5.74) is 0. The van der Waals surface area contributed by atoms with Crippen molar-refractivity contribution >= 4 is 5.91 Å². The molecule has 7 atom stereocenters. The van der Waals surface area contributed by atoms with Crippen molar-refractivity contribution < 1.29 is 39.8 Å². The zero-order chi connectivity index (χ0) is 28.9. The van der Waals surface area contributed by atoms with Crippen LogP contribution in [0.1, 0.15) is 117 Å². The van der Waals surface area contributed by atoms with E-state index < -0.39 is 49.5 Å². The lowest BCUT2D eigenvalue weighted by atomic mass is 9.99. The molecule has 1 amide bonds. The molecule has 6 N–H and O–H groups in total. The van der Waals surface area contributed by atoms with Crippen LogP contribution in [-0.2, 0) is 14.3 Å². The average molecular weight is 560 g/mol. The second kappa shape index (κ2) is 22.6. The number of unbranched alkanes of at least 4 members (excludes halogenated alkanes) is 13. The van der Waals surface area contributed by atoms with Crippen LogP contribution in [0.3, 0.4) is 0 Å². The highest BCUT2D eigenvalue weighted by atomic mass is 16.7. The molecule has 1 aliphatic rings. The van der Waals surface area contributed by atoms with E-state index in [1.165, 1.54) is 57.8 Å². The van der Waals surface area contributed by atoms with Crippen LogP contribution in [0.2, 0.25) is 0 Å². The van der Waals surface area contributed by atoms with Crippen molar-refractivity contribution in [2.75, 3.05) is 13.2 Å². The summed E-state index contributed by atoms with van der Waals surface area (Å²) in [7, 11) is 0. The number of nitrogens with one attached hydrogen (secondary N) is 1. The van der Waals surface area contributed by atoms with E-state index in [4.69, 9.17) is 9.47 Å². The number of aliphatic hydroxyl groups excluding tert-OH is 5. The van der Waals surface area contributed by atoms with Crippen molar-refractivity contribution in [1.82, 2.24) is 5.32 Å². The topological polar surface area (TPSA) is 149 Å². The number of allylic oxidation sites excluding steroid dienone is 1. The monoisotopic (exact) mass is 559 g/mol. The fourth-order valence-corrected chi connectivity index (χ4v) is 4.74. The van der Waals surface area contributed by atoms with Crippen molar-refractivity contribution in [2.45, 2.75) is 159 Å². The van der Waals surface area contributed by atoms with Gasteiger partial charge in [-0.25, -0.2) is 0 Å². The predicted octanol–water partition coefficient (Wildman–Crippen LogP) is 3.49. The van der Waals surface area contributed by atoms with E-state index in [0.717, 1.165) is 38.5 Å². The maximum absolute atomic E-state index is 12.6. The van der Waals surface area contributed by atoms with Gasteiger partial charge in [0, 0.05) is 6.42 Å². The summed E-state index contributed by atoms with van der Waals surface area (Å²) >= 11 is 0. The van der Waals surface area contributed by atoms with Gasteiger partial charge in [0.1, 0.15) is 24.4 Å². The molecular formula is C30H57NO8. The molecule has 230 valence electrons. The van der Waals surface area contributed by atoms with Gasteiger partial charge >= 0.3 is 0 Å². The molecule has 7 unspecified atom stereocenters. The van der Waals surface area contributed by atoms with Gasteiger partial charge in [0.2, 0.25) is 5.91 Å². The number of amides is 1. The number of rotatable bonds is 23. The Morgan fingerprint density at radius 1 is 0.846 bits per heavy atom. The first-order chi connectivity index (χ1) is 18.8. The van der Waals surface area contributed by atoms with Crippen molar-refractivity contribution in [3.05, 3.63) is 12.2 Å². The van der Waals surface area contributed by atoms with E-state index in [-0.39, 0.29) is 12.5 Å². The highest BCUT2D eigenvalue weighted by Crippen LogP contribution is 2.22. The van der Waals surface area contributed by atoms with Gasteiger partial charge in [-0.1, -0.05) is 103 Å². The highest BCUT2D eigenvalue weighted by Gasteiger charge is 2.44. The summed E-state index contributed by atoms with van der Waals surface area (Å²) in [6, 6.07) is -0.792. The average Bonchev–Trinajstić information content (AvgIpc) is 2.93. The van der Waals surface area contributed by atoms with Gasteiger partial charge in [0.05, 0.1) is 25.4 Å². The molecule has 1 fully saturated rings. The molecule has 0 aromatic rings.